The number of hydrogen-bond donors (Lipinski definition) is 0. The van der Waals surface area contributed by atoms with Gasteiger partial charge in [-0.3, -0.25) is 14.7 Å². The van der Waals surface area contributed by atoms with Gasteiger partial charge in [-0.2, -0.15) is 4.68 Å². The average molecular weight is 651 g/mol. The first-order valence-electron chi connectivity index (χ1n) is 15.2. The molecule has 0 saturated carbocycles. The van der Waals surface area contributed by atoms with Crippen LogP contribution in [0.5, 0.6) is 0 Å². The molecule has 1 aliphatic heterocycles. The molecule has 2 amide bonds. The number of halogens is 1. The van der Waals surface area contributed by atoms with Gasteiger partial charge in [0, 0.05) is 48.8 Å². The quantitative estimate of drug-likeness (QED) is 0.203. The molecule has 13 heteroatoms. The van der Waals surface area contributed by atoms with Crippen LogP contribution in [-0.4, -0.2) is 71.6 Å². The number of likely N-dealkylation sites (tertiary alicyclic amines) is 1. The van der Waals surface area contributed by atoms with Gasteiger partial charge < -0.3 is 9.64 Å². The normalized spacial score (nSPS) is 15.2. The number of hydrogen-bond acceptors (Lipinski definition) is 9. The Labute approximate surface area is 273 Å². The van der Waals surface area contributed by atoms with Crippen LogP contribution in [0.4, 0.5) is 15.0 Å². The van der Waals surface area contributed by atoms with E-state index in [1.54, 1.807) is 52.8 Å². The predicted molar refractivity (Wildman–Crippen MR) is 177 cm³/mol. The third-order valence-corrected chi connectivity index (χ3v) is 9.07. The number of fused-ring (bicyclic) bond motifs is 2. The van der Waals surface area contributed by atoms with E-state index >= 15 is 4.39 Å². The smallest absolute Gasteiger partial charge is 0.410 e. The van der Waals surface area contributed by atoms with E-state index in [1.807, 2.05) is 45.0 Å². The van der Waals surface area contributed by atoms with Crippen LogP contribution in [0.25, 0.3) is 37.4 Å². The van der Waals surface area contributed by atoms with Gasteiger partial charge in [0.1, 0.15) is 16.9 Å². The standard InChI is InChI=1S/C34H31FN8O3S/c1-34(2,3)46-33(45)41-17-5-6-24(20-41)42(31-29-22(12-16-38-31)18-28(47-29)21-10-14-36-15-11-21)32(44)25-9-8-23(19-26(25)35)43-30-27(39-40-43)7-4-13-37-30/h4,7-16,18-19,24H,5-6,17,20H2,1-3H3/t24-/m1/s1. The molecule has 1 atom stereocenters. The Balaban J connectivity index is 1.30. The molecule has 7 rings (SSSR count). The van der Waals surface area contributed by atoms with Crippen molar-refractivity contribution >= 4 is 50.4 Å². The van der Waals surface area contributed by atoms with Crippen LogP contribution in [0.1, 0.15) is 44.0 Å². The topological polar surface area (TPSA) is 119 Å². The van der Waals surface area contributed by atoms with Crippen LogP contribution in [0.2, 0.25) is 0 Å². The van der Waals surface area contributed by atoms with E-state index in [4.69, 9.17) is 9.72 Å². The summed E-state index contributed by atoms with van der Waals surface area (Å²) >= 11 is 1.49. The lowest BCUT2D eigenvalue weighted by Crippen LogP contribution is -2.53. The SMILES string of the molecule is CC(C)(C)OC(=O)N1CCC[C@@H](N(C(=O)c2ccc(-n3nnc4cccnc43)cc2F)c2nccc3cc(-c4ccncc4)sc23)C1. The number of carbonyl (C=O) groups is 2. The Kier molecular flexibility index (Phi) is 7.84. The van der Waals surface area contributed by atoms with Gasteiger partial charge in [0.25, 0.3) is 5.91 Å². The van der Waals surface area contributed by atoms with Crippen LogP contribution in [-0.2, 0) is 4.74 Å². The van der Waals surface area contributed by atoms with E-state index in [9.17, 15) is 9.59 Å². The Hall–Kier alpha value is -5.30. The Bertz CT molecular complexity index is 2110. The van der Waals surface area contributed by atoms with Crippen molar-refractivity contribution in [3.05, 3.63) is 90.8 Å². The van der Waals surface area contributed by atoms with Crippen molar-refractivity contribution in [3.63, 3.8) is 0 Å². The van der Waals surface area contributed by atoms with Crippen molar-refractivity contribution in [1.82, 2.24) is 34.8 Å². The zero-order chi connectivity index (χ0) is 32.7. The maximum atomic E-state index is 16.0. The van der Waals surface area contributed by atoms with Crippen molar-refractivity contribution < 1.29 is 18.7 Å². The lowest BCUT2D eigenvalue weighted by Gasteiger charge is -2.39. The molecule has 1 fully saturated rings. The molecule has 47 heavy (non-hydrogen) atoms. The number of carbonyl (C=O) groups excluding carboxylic acids is 2. The number of benzene rings is 1. The molecule has 0 bridgehead atoms. The zero-order valence-electron chi connectivity index (χ0n) is 26.0. The van der Waals surface area contributed by atoms with E-state index in [2.05, 4.69) is 20.3 Å². The van der Waals surface area contributed by atoms with Gasteiger partial charge in [-0.15, -0.1) is 16.4 Å². The second-order valence-electron chi connectivity index (χ2n) is 12.3. The summed E-state index contributed by atoms with van der Waals surface area (Å²) in [4.78, 5) is 45.0. The number of anilines is 1. The van der Waals surface area contributed by atoms with Crippen molar-refractivity contribution in [2.24, 2.45) is 0 Å². The molecule has 0 unspecified atom stereocenters. The Morgan fingerprint density at radius 1 is 1.02 bits per heavy atom. The summed E-state index contributed by atoms with van der Waals surface area (Å²) in [5.41, 5.74) is 1.58. The number of aromatic nitrogens is 6. The highest BCUT2D eigenvalue weighted by atomic mass is 32.1. The van der Waals surface area contributed by atoms with Crippen LogP contribution in [0, 0.1) is 5.82 Å². The molecule has 6 aromatic rings. The van der Waals surface area contributed by atoms with E-state index in [1.165, 1.54) is 28.2 Å². The lowest BCUT2D eigenvalue weighted by atomic mass is 10.0. The monoisotopic (exact) mass is 650 g/mol. The minimum absolute atomic E-state index is 0.134. The van der Waals surface area contributed by atoms with Gasteiger partial charge in [-0.1, -0.05) is 5.21 Å². The first-order chi connectivity index (χ1) is 22.7. The largest absolute Gasteiger partial charge is 0.444 e. The Morgan fingerprint density at radius 2 is 1.85 bits per heavy atom. The zero-order valence-corrected chi connectivity index (χ0v) is 26.8. The van der Waals surface area contributed by atoms with Crippen LogP contribution >= 0.6 is 11.3 Å². The number of thiophene rings is 1. The van der Waals surface area contributed by atoms with Crippen molar-refractivity contribution in [3.8, 4) is 16.1 Å². The Morgan fingerprint density at radius 3 is 2.64 bits per heavy atom. The number of pyridine rings is 3. The van der Waals surface area contributed by atoms with Gasteiger partial charge in [0.05, 0.1) is 22.0 Å². The van der Waals surface area contributed by atoms with E-state index < -0.39 is 29.5 Å². The molecule has 0 spiro atoms. The maximum absolute atomic E-state index is 16.0. The van der Waals surface area contributed by atoms with E-state index in [0.717, 1.165) is 20.5 Å². The van der Waals surface area contributed by atoms with Crippen LogP contribution < -0.4 is 4.90 Å². The summed E-state index contributed by atoms with van der Waals surface area (Å²) in [6.45, 7) is 6.13. The summed E-state index contributed by atoms with van der Waals surface area (Å²) in [6.07, 6.45) is 7.47. The fourth-order valence-electron chi connectivity index (χ4n) is 5.75. The van der Waals surface area contributed by atoms with Gasteiger partial charge in [0.2, 0.25) is 0 Å². The lowest BCUT2D eigenvalue weighted by molar-refractivity contribution is 0.0196. The summed E-state index contributed by atoms with van der Waals surface area (Å²) in [6, 6.07) is 15.1. The second-order valence-corrected chi connectivity index (χ2v) is 13.4. The summed E-state index contributed by atoms with van der Waals surface area (Å²) in [5.74, 6) is -0.887. The highest BCUT2D eigenvalue weighted by molar-refractivity contribution is 7.22. The minimum atomic E-state index is -0.729. The highest BCUT2D eigenvalue weighted by Gasteiger charge is 2.36. The summed E-state index contributed by atoms with van der Waals surface area (Å²) in [5, 5.41) is 9.13. The number of rotatable bonds is 5. The number of ether oxygens (including phenoxy) is 1. The third kappa shape index (κ3) is 6.01. The summed E-state index contributed by atoms with van der Waals surface area (Å²) < 4.78 is 23.9. The molecule has 11 nitrogen and oxygen atoms in total. The average Bonchev–Trinajstić information content (AvgIpc) is 3.70. The molecule has 0 aliphatic carbocycles. The second kappa shape index (κ2) is 12.1. The van der Waals surface area contributed by atoms with E-state index in [-0.39, 0.29) is 12.1 Å². The molecular formula is C34H31FN8O3S. The molecule has 0 N–H and O–H groups in total. The van der Waals surface area contributed by atoms with E-state index in [0.29, 0.717) is 42.1 Å². The fourth-order valence-corrected chi connectivity index (χ4v) is 6.90. The van der Waals surface area contributed by atoms with Crippen molar-refractivity contribution in [1.29, 1.82) is 0 Å². The highest BCUT2D eigenvalue weighted by Crippen LogP contribution is 2.39. The molecule has 238 valence electrons. The van der Waals surface area contributed by atoms with Gasteiger partial charge >= 0.3 is 6.09 Å². The first kappa shape index (κ1) is 30.4. The number of nitrogens with zero attached hydrogens (tertiary/aromatic N) is 8. The van der Waals surface area contributed by atoms with Gasteiger partial charge in [0.15, 0.2) is 11.5 Å². The molecule has 6 heterocycles. The summed E-state index contributed by atoms with van der Waals surface area (Å²) in [7, 11) is 0. The predicted octanol–water partition coefficient (Wildman–Crippen LogP) is 6.67. The van der Waals surface area contributed by atoms with Crippen molar-refractivity contribution in [2.75, 3.05) is 18.0 Å². The van der Waals surface area contributed by atoms with Gasteiger partial charge in [-0.25, -0.2) is 19.2 Å². The molecule has 1 aromatic carbocycles. The fraction of sp³-hybridized carbons (Fsp3) is 0.265. The minimum Gasteiger partial charge on any atom is -0.444 e. The molecule has 0 radical (unpaired) electrons. The number of amides is 2. The first-order valence-corrected chi connectivity index (χ1v) is 16.0. The molecule has 1 aliphatic rings. The molecular weight excluding hydrogens is 619 g/mol. The van der Waals surface area contributed by atoms with Crippen LogP contribution in [0.3, 0.4) is 0 Å². The molecule has 1 saturated heterocycles. The van der Waals surface area contributed by atoms with Gasteiger partial charge in [-0.05, 0) is 93.1 Å². The van der Waals surface area contributed by atoms with Crippen LogP contribution in [0.15, 0.2) is 79.4 Å². The third-order valence-electron chi connectivity index (χ3n) is 7.88. The maximum Gasteiger partial charge on any atom is 0.410 e. The van der Waals surface area contributed by atoms with Crippen molar-refractivity contribution in [2.45, 2.75) is 45.3 Å². The molecule has 5 aromatic heterocycles. The number of piperidine rings is 1.